The first kappa shape index (κ1) is 18.0. The number of anilines is 1. The quantitative estimate of drug-likeness (QED) is 0.788. The summed E-state index contributed by atoms with van der Waals surface area (Å²) >= 11 is 0. The molecule has 2 heteroatoms. The lowest BCUT2D eigenvalue weighted by atomic mass is 9.84. The number of hydrogen-bond donors (Lipinski definition) is 1. The van der Waals surface area contributed by atoms with E-state index in [4.69, 9.17) is 0 Å². The van der Waals surface area contributed by atoms with Gasteiger partial charge in [-0.1, -0.05) is 38.0 Å². The highest BCUT2D eigenvalue weighted by atomic mass is 15.1. The van der Waals surface area contributed by atoms with Crippen LogP contribution in [0.3, 0.4) is 0 Å². The lowest BCUT2D eigenvalue weighted by molar-refractivity contribution is 0.251. The van der Waals surface area contributed by atoms with Gasteiger partial charge in [0.1, 0.15) is 0 Å². The highest BCUT2D eigenvalue weighted by Crippen LogP contribution is 2.27. The number of hydrogen-bond acceptors (Lipinski definition) is 2. The van der Waals surface area contributed by atoms with E-state index in [2.05, 4.69) is 83.1 Å². The standard InChI is InChI=1S/C19H34N2/c1-8-13-19(6,14-20-18(3,4)5)15-21(7)17-11-9-16(2)10-12-17/h9-12,20H,8,13-15H2,1-7H3. The van der Waals surface area contributed by atoms with Crippen molar-refractivity contribution in [2.45, 2.75) is 59.9 Å². The molecular weight excluding hydrogens is 256 g/mol. The number of benzene rings is 1. The van der Waals surface area contributed by atoms with Gasteiger partial charge in [0.25, 0.3) is 0 Å². The van der Waals surface area contributed by atoms with Gasteiger partial charge in [0.15, 0.2) is 0 Å². The average Bonchev–Trinajstić information content (AvgIpc) is 2.37. The van der Waals surface area contributed by atoms with Crippen molar-refractivity contribution < 1.29 is 0 Å². The fraction of sp³-hybridized carbons (Fsp3) is 0.684. The summed E-state index contributed by atoms with van der Waals surface area (Å²) in [6.07, 6.45) is 2.47. The molecule has 120 valence electrons. The minimum atomic E-state index is 0.178. The van der Waals surface area contributed by atoms with E-state index in [-0.39, 0.29) is 5.54 Å². The van der Waals surface area contributed by atoms with Crippen LogP contribution in [0.25, 0.3) is 0 Å². The maximum absolute atomic E-state index is 3.69. The topological polar surface area (TPSA) is 15.3 Å². The molecule has 1 N–H and O–H groups in total. The Bertz CT molecular complexity index is 416. The van der Waals surface area contributed by atoms with E-state index in [1.807, 2.05) is 0 Å². The third kappa shape index (κ3) is 6.52. The molecule has 0 aliphatic heterocycles. The van der Waals surface area contributed by atoms with Gasteiger partial charge in [-0.25, -0.2) is 0 Å². The summed E-state index contributed by atoms with van der Waals surface area (Å²) in [6, 6.07) is 8.82. The Kier molecular flexibility index (Phi) is 6.27. The number of aryl methyl sites for hydroxylation is 1. The molecule has 1 rings (SSSR count). The fourth-order valence-electron chi connectivity index (χ4n) is 2.77. The van der Waals surface area contributed by atoms with Crippen LogP contribution in [0.2, 0.25) is 0 Å². The van der Waals surface area contributed by atoms with E-state index >= 15 is 0 Å². The fourth-order valence-corrected chi connectivity index (χ4v) is 2.77. The number of rotatable bonds is 7. The summed E-state index contributed by atoms with van der Waals surface area (Å²) in [6.45, 7) is 15.7. The molecule has 1 aromatic carbocycles. The first-order valence-electron chi connectivity index (χ1n) is 8.18. The Morgan fingerprint density at radius 1 is 1.05 bits per heavy atom. The van der Waals surface area contributed by atoms with Crippen molar-refractivity contribution in [1.29, 1.82) is 0 Å². The first-order chi connectivity index (χ1) is 9.65. The van der Waals surface area contributed by atoms with Crippen LogP contribution in [0.1, 0.15) is 53.0 Å². The smallest absolute Gasteiger partial charge is 0.0363 e. The molecule has 0 radical (unpaired) electrons. The molecule has 0 amide bonds. The third-order valence-corrected chi connectivity index (χ3v) is 3.99. The molecular formula is C19H34N2. The van der Waals surface area contributed by atoms with Gasteiger partial charge >= 0.3 is 0 Å². The van der Waals surface area contributed by atoms with E-state index in [1.54, 1.807) is 0 Å². The van der Waals surface area contributed by atoms with Crippen molar-refractivity contribution in [3.63, 3.8) is 0 Å². The minimum Gasteiger partial charge on any atom is -0.374 e. The zero-order chi connectivity index (χ0) is 16.1. The molecule has 1 aromatic rings. The average molecular weight is 290 g/mol. The molecule has 0 fully saturated rings. The third-order valence-electron chi connectivity index (χ3n) is 3.99. The van der Waals surface area contributed by atoms with E-state index in [1.165, 1.54) is 24.1 Å². The van der Waals surface area contributed by atoms with Gasteiger partial charge in [0, 0.05) is 31.4 Å². The maximum atomic E-state index is 3.69. The molecule has 2 nitrogen and oxygen atoms in total. The predicted molar refractivity (Wildman–Crippen MR) is 95.2 cm³/mol. The van der Waals surface area contributed by atoms with Gasteiger partial charge in [0.2, 0.25) is 0 Å². The van der Waals surface area contributed by atoms with Gasteiger partial charge in [0.05, 0.1) is 0 Å². The predicted octanol–water partition coefficient (Wildman–Crippen LogP) is 4.63. The summed E-state index contributed by atoms with van der Waals surface area (Å²) in [5.41, 5.74) is 3.09. The van der Waals surface area contributed by atoms with Gasteiger partial charge in [-0.3, -0.25) is 0 Å². The van der Waals surface area contributed by atoms with Crippen molar-refractivity contribution in [3.05, 3.63) is 29.8 Å². The van der Waals surface area contributed by atoms with Crippen LogP contribution in [0.15, 0.2) is 24.3 Å². The van der Waals surface area contributed by atoms with Crippen LogP contribution in [0.5, 0.6) is 0 Å². The zero-order valence-corrected chi connectivity index (χ0v) is 15.1. The normalized spacial score (nSPS) is 14.8. The van der Waals surface area contributed by atoms with E-state index in [0.29, 0.717) is 5.41 Å². The second-order valence-electron chi connectivity index (χ2n) is 7.86. The molecule has 21 heavy (non-hydrogen) atoms. The van der Waals surface area contributed by atoms with Crippen molar-refractivity contribution >= 4 is 5.69 Å². The van der Waals surface area contributed by atoms with Crippen LogP contribution < -0.4 is 10.2 Å². The van der Waals surface area contributed by atoms with Gasteiger partial charge in [-0.05, 0) is 51.7 Å². The molecule has 0 saturated carbocycles. The van der Waals surface area contributed by atoms with Crippen molar-refractivity contribution in [3.8, 4) is 0 Å². The molecule has 0 aliphatic carbocycles. The Morgan fingerprint density at radius 2 is 1.62 bits per heavy atom. The molecule has 1 atom stereocenters. The van der Waals surface area contributed by atoms with Crippen LogP contribution >= 0.6 is 0 Å². The van der Waals surface area contributed by atoms with Crippen LogP contribution in [-0.2, 0) is 0 Å². The van der Waals surface area contributed by atoms with E-state index in [9.17, 15) is 0 Å². The second-order valence-corrected chi connectivity index (χ2v) is 7.86. The molecule has 0 bridgehead atoms. The Balaban J connectivity index is 2.74. The largest absolute Gasteiger partial charge is 0.374 e. The van der Waals surface area contributed by atoms with Gasteiger partial charge in [-0.2, -0.15) is 0 Å². The highest BCUT2D eigenvalue weighted by Gasteiger charge is 2.27. The number of nitrogens with one attached hydrogen (secondary N) is 1. The summed E-state index contributed by atoms with van der Waals surface area (Å²) < 4.78 is 0. The number of nitrogens with zero attached hydrogens (tertiary/aromatic N) is 1. The second kappa shape index (κ2) is 7.31. The first-order valence-corrected chi connectivity index (χ1v) is 8.18. The lowest BCUT2D eigenvalue weighted by Crippen LogP contribution is -2.47. The molecule has 0 spiro atoms. The summed E-state index contributed by atoms with van der Waals surface area (Å²) in [7, 11) is 2.20. The molecule has 0 heterocycles. The highest BCUT2D eigenvalue weighted by molar-refractivity contribution is 5.46. The Hall–Kier alpha value is -1.02. The monoisotopic (exact) mass is 290 g/mol. The zero-order valence-electron chi connectivity index (χ0n) is 15.1. The Morgan fingerprint density at radius 3 is 2.10 bits per heavy atom. The lowest BCUT2D eigenvalue weighted by Gasteiger charge is -2.37. The Labute approximate surface area is 131 Å². The van der Waals surface area contributed by atoms with Crippen molar-refractivity contribution in [1.82, 2.24) is 5.32 Å². The van der Waals surface area contributed by atoms with Crippen molar-refractivity contribution in [2.24, 2.45) is 5.41 Å². The van der Waals surface area contributed by atoms with Crippen LogP contribution in [0.4, 0.5) is 5.69 Å². The SMILES string of the molecule is CCCC(C)(CNC(C)(C)C)CN(C)c1ccc(C)cc1. The molecule has 0 saturated heterocycles. The van der Waals surface area contributed by atoms with Crippen LogP contribution in [0, 0.1) is 12.3 Å². The van der Waals surface area contributed by atoms with Crippen molar-refractivity contribution in [2.75, 3.05) is 25.0 Å². The molecule has 0 aromatic heterocycles. The summed E-state index contributed by atoms with van der Waals surface area (Å²) in [5.74, 6) is 0. The van der Waals surface area contributed by atoms with E-state index in [0.717, 1.165) is 13.1 Å². The molecule has 1 unspecified atom stereocenters. The van der Waals surface area contributed by atoms with Gasteiger partial charge < -0.3 is 10.2 Å². The van der Waals surface area contributed by atoms with Crippen LogP contribution in [-0.4, -0.2) is 25.7 Å². The van der Waals surface area contributed by atoms with E-state index < -0.39 is 0 Å². The summed E-state index contributed by atoms with van der Waals surface area (Å²) in [4.78, 5) is 2.39. The minimum absolute atomic E-state index is 0.178. The molecule has 0 aliphatic rings. The van der Waals surface area contributed by atoms with Gasteiger partial charge in [-0.15, -0.1) is 0 Å². The summed E-state index contributed by atoms with van der Waals surface area (Å²) in [5, 5.41) is 3.69. The maximum Gasteiger partial charge on any atom is 0.0363 e.